The highest BCUT2D eigenvalue weighted by Gasteiger charge is 2.39. The number of nitrogens with one attached hydrogen (secondary N) is 1. The van der Waals surface area contributed by atoms with Gasteiger partial charge in [-0.15, -0.1) is 0 Å². The van der Waals surface area contributed by atoms with Crippen molar-refractivity contribution >= 4 is 11.6 Å². The molecule has 1 aromatic carbocycles. The normalized spacial score (nSPS) is 19.7. The van der Waals surface area contributed by atoms with Crippen LogP contribution in [0.3, 0.4) is 0 Å². The van der Waals surface area contributed by atoms with Gasteiger partial charge in [0.1, 0.15) is 18.0 Å². The lowest BCUT2D eigenvalue weighted by Gasteiger charge is -2.23. The second kappa shape index (κ2) is 7.06. The summed E-state index contributed by atoms with van der Waals surface area (Å²) in [6, 6.07) is 7.65. The van der Waals surface area contributed by atoms with Crippen molar-refractivity contribution in [3.05, 3.63) is 48.0 Å². The molecule has 1 aromatic heterocycles. The molecule has 1 saturated heterocycles. The van der Waals surface area contributed by atoms with Crippen molar-refractivity contribution < 1.29 is 14.6 Å². The van der Waals surface area contributed by atoms with Gasteiger partial charge in [-0.25, -0.2) is 9.97 Å². The summed E-state index contributed by atoms with van der Waals surface area (Å²) in [5.74, 6) is 0.548. The molecule has 132 valence electrons. The van der Waals surface area contributed by atoms with E-state index in [1.54, 1.807) is 24.3 Å². The Morgan fingerprint density at radius 2 is 2.00 bits per heavy atom. The number of benzene rings is 1. The molecule has 1 amide bonds. The molecule has 7 heteroatoms. The minimum absolute atomic E-state index is 0.128. The number of aromatic nitrogens is 2. The number of aryl methyl sites for hydroxylation is 1. The van der Waals surface area contributed by atoms with Crippen molar-refractivity contribution in [2.45, 2.75) is 18.9 Å². The standard InChI is InChI=1S/C18H22N4O3/c1-13-3-5-15(6-4-13)25-12-18(24)7-8-22(11-18)17(23)16-20-9-14(19-2)10-21-16/h3-6,9-10,19,24H,7-8,11-12H2,1-2H3. The van der Waals surface area contributed by atoms with E-state index >= 15 is 0 Å². The highest BCUT2D eigenvalue weighted by molar-refractivity contribution is 5.90. The Hall–Kier alpha value is -2.67. The molecular weight excluding hydrogens is 320 g/mol. The fraction of sp³-hybridized carbons (Fsp3) is 0.389. The van der Waals surface area contributed by atoms with E-state index in [2.05, 4.69) is 15.3 Å². The molecule has 2 heterocycles. The van der Waals surface area contributed by atoms with Gasteiger partial charge < -0.3 is 20.1 Å². The Bertz CT molecular complexity index is 733. The smallest absolute Gasteiger partial charge is 0.291 e. The largest absolute Gasteiger partial charge is 0.491 e. The molecule has 2 N–H and O–H groups in total. The average molecular weight is 342 g/mol. The van der Waals surface area contributed by atoms with Gasteiger partial charge in [-0.3, -0.25) is 4.79 Å². The van der Waals surface area contributed by atoms with Crippen molar-refractivity contribution in [1.82, 2.24) is 14.9 Å². The molecular formula is C18H22N4O3. The predicted molar refractivity (Wildman–Crippen MR) is 93.7 cm³/mol. The Balaban J connectivity index is 1.59. The van der Waals surface area contributed by atoms with Crippen molar-refractivity contribution in [1.29, 1.82) is 0 Å². The first kappa shape index (κ1) is 17.2. The van der Waals surface area contributed by atoms with E-state index in [4.69, 9.17) is 4.74 Å². The highest BCUT2D eigenvalue weighted by atomic mass is 16.5. The molecule has 7 nitrogen and oxygen atoms in total. The van der Waals surface area contributed by atoms with Crippen LogP contribution in [0.1, 0.15) is 22.6 Å². The van der Waals surface area contributed by atoms with Gasteiger partial charge >= 0.3 is 0 Å². The van der Waals surface area contributed by atoms with E-state index in [1.165, 1.54) is 0 Å². The summed E-state index contributed by atoms with van der Waals surface area (Å²) in [5.41, 5.74) is 0.819. The number of rotatable bonds is 5. The number of anilines is 1. The third-order valence-electron chi connectivity index (χ3n) is 4.28. The predicted octanol–water partition coefficient (Wildman–Crippen LogP) is 1.48. The summed E-state index contributed by atoms with van der Waals surface area (Å²) in [7, 11) is 1.76. The molecule has 25 heavy (non-hydrogen) atoms. The summed E-state index contributed by atoms with van der Waals surface area (Å²) in [6.07, 6.45) is 3.57. The van der Waals surface area contributed by atoms with Crippen LogP contribution in [-0.4, -0.2) is 58.2 Å². The number of likely N-dealkylation sites (tertiary alicyclic amines) is 1. The van der Waals surface area contributed by atoms with E-state index < -0.39 is 5.60 Å². The second-order valence-electron chi connectivity index (χ2n) is 6.35. The van der Waals surface area contributed by atoms with Gasteiger partial charge in [0.2, 0.25) is 5.82 Å². The lowest BCUT2D eigenvalue weighted by atomic mass is 10.1. The van der Waals surface area contributed by atoms with Crippen molar-refractivity contribution in [2.24, 2.45) is 0 Å². The molecule has 0 aliphatic carbocycles. The molecule has 2 aromatic rings. The van der Waals surface area contributed by atoms with E-state index in [-0.39, 0.29) is 24.9 Å². The molecule has 1 unspecified atom stereocenters. The van der Waals surface area contributed by atoms with Crippen LogP contribution in [0.5, 0.6) is 5.75 Å². The van der Waals surface area contributed by atoms with Crippen molar-refractivity contribution in [3.8, 4) is 5.75 Å². The van der Waals surface area contributed by atoms with Gasteiger partial charge in [0.25, 0.3) is 5.91 Å². The molecule has 0 saturated carbocycles. The number of β-amino-alcohol motifs (C(OH)–C–C–N with tert-alkyl or cyclic N) is 1. The van der Waals surface area contributed by atoms with E-state index in [1.807, 2.05) is 31.2 Å². The molecule has 1 aliphatic rings. The Kier molecular flexibility index (Phi) is 4.85. The van der Waals surface area contributed by atoms with Crippen LogP contribution < -0.4 is 10.1 Å². The summed E-state index contributed by atoms with van der Waals surface area (Å²) < 4.78 is 5.68. The average Bonchev–Trinajstić information content (AvgIpc) is 3.03. The summed E-state index contributed by atoms with van der Waals surface area (Å²) >= 11 is 0. The number of ether oxygens (including phenoxy) is 1. The van der Waals surface area contributed by atoms with Gasteiger partial charge in [-0.05, 0) is 25.5 Å². The highest BCUT2D eigenvalue weighted by Crippen LogP contribution is 2.24. The maximum atomic E-state index is 12.5. The van der Waals surface area contributed by atoms with E-state index in [0.717, 1.165) is 11.3 Å². The minimum atomic E-state index is -1.06. The second-order valence-corrected chi connectivity index (χ2v) is 6.35. The van der Waals surface area contributed by atoms with Crippen LogP contribution in [-0.2, 0) is 0 Å². The minimum Gasteiger partial charge on any atom is -0.491 e. The zero-order valence-corrected chi connectivity index (χ0v) is 14.4. The monoisotopic (exact) mass is 342 g/mol. The van der Waals surface area contributed by atoms with Crippen LogP contribution in [0.2, 0.25) is 0 Å². The SMILES string of the molecule is CNc1cnc(C(=O)N2CCC(O)(COc3ccc(C)cc3)C2)nc1. The van der Waals surface area contributed by atoms with E-state index in [0.29, 0.717) is 18.7 Å². The Morgan fingerprint density at radius 3 is 2.64 bits per heavy atom. The molecule has 3 rings (SSSR count). The Morgan fingerprint density at radius 1 is 1.32 bits per heavy atom. The zero-order valence-electron chi connectivity index (χ0n) is 14.4. The molecule has 0 spiro atoms. The number of carbonyl (C=O) groups is 1. The first-order valence-corrected chi connectivity index (χ1v) is 8.20. The van der Waals surface area contributed by atoms with Crippen LogP contribution in [0, 0.1) is 6.92 Å². The van der Waals surface area contributed by atoms with Crippen LogP contribution in [0.25, 0.3) is 0 Å². The van der Waals surface area contributed by atoms with Crippen molar-refractivity contribution in [3.63, 3.8) is 0 Å². The quantitative estimate of drug-likeness (QED) is 0.856. The van der Waals surface area contributed by atoms with Gasteiger partial charge in [0.15, 0.2) is 0 Å². The van der Waals surface area contributed by atoms with Crippen molar-refractivity contribution in [2.75, 3.05) is 32.1 Å². The van der Waals surface area contributed by atoms with Gasteiger partial charge in [0, 0.05) is 13.6 Å². The number of amides is 1. The number of hydrogen-bond donors (Lipinski definition) is 2. The molecule has 1 fully saturated rings. The lowest BCUT2D eigenvalue weighted by molar-refractivity contribution is 0.00419. The molecule has 1 aliphatic heterocycles. The number of nitrogens with zero attached hydrogens (tertiary/aromatic N) is 3. The first-order chi connectivity index (χ1) is 12.0. The fourth-order valence-corrected chi connectivity index (χ4v) is 2.71. The summed E-state index contributed by atoms with van der Waals surface area (Å²) in [6.45, 7) is 2.79. The first-order valence-electron chi connectivity index (χ1n) is 8.20. The topological polar surface area (TPSA) is 87.6 Å². The van der Waals surface area contributed by atoms with Crippen LogP contribution in [0.15, 0.2) is 36.7 Å². The molecule has 0 radical (unpaired) electrons. The molecule has 0 bridgehead atoms. The molecule has 1 atom stereocenters. The van der Waals surface area contributed by atoms with Gasteiger partial charge in [-0.1, -0.05) is 17.7 Å². The summed E-state index contributed by atoms with van der Waals surface area (Å²) in [5, 5.41) is 13.6. The maximum Gasteiger partial charge on any atom is 0.291 e. The number of carbonyl (C=O) groups excluding carboxylic acids is 1. The zero-order chi connectivity index (χ0) is 17.9. The maximum absolute atomic E-state index is 12.5. The van der Waals surface area contributed by atoms with Crippen LogP contribution in [0.4, 0.5) is 5.69 Å². The summed E-state index contributed by atoms with van der Waals surface area (Å²) in [4.78, 5) is 22.2. The third-order valence-corrected chi connectivity index (χ3v) is 4.28. The van der Waals surface area contributed by atoms with E-state index in [9.17, 15) is 9.90 Å². The van der Waals surface area contributed by atoms with Gasteiger partial charge in [-0.2, -0.15) is 0 Å². The fourth-order valence-electron chi connectivity index (χ4n) is 2.71. The Labute approximate surface area is 146 Å². The van der Waals surface area contributed by atoms with Gasteiger partial charge in [0.05, 0.1) is 24.6 Å². The lowest BCUT2D eigenvalue weighted by Crippen LogP contribution is -2.41. The van der Waals surface area contributed by atoms with Crippen LogP contribution >= 0.6 is 0 Å². The third kappa shape index (κ3) is 4.06. The number of aliphatic hydroxyl groups is 1. The number of hydrogen-bond acceptors (Lipinski definition) is 6.